The van der Waals surface area contributed by atoms with E-state index in [-0.39, 0.29) is 11.3 Å². The molecule has 2 nitrogen and oxygen atoms in total. The molecule has 72 valence electrons. The van der Waals surface area contributed by atoms with Crippen LogP contribution in [0.25, 0.3) is 0 Å². The molecular weight excluding hydrogens is 176 g/mol. The minimum Gasteiger partial charge on any atom is -0.497 e. The summed E-state index contributed by atoms with van der Waals surface area (Å²) in [6.07, 6.45) is 0. The van der Waals surface area contributed by atoms with E-state index in [1.165, 1.54) is 13.2 Å². The lowest BCUT2D eigenvalue weighted by molar-refractivity contribution is 0.403. The van der Waals surface area contributed by atoms with Gasteiger partial charge in [-0.25, -0.2) is 8.78 Å². The van der Waals surface area contributed by atoms with E-state index in [4.69, 9.17) is 10.5 Å². The standard InChI is InChI=1S/C9H11F2NO/c1-5(12)7-3-6(13-2)4-8(10)9(7)11/h3-5H,12H2,1-2H3. The third kappa shape index (κ3) is 1.95. The van der Waals surface area contributed by atoms with E-state index < -0.39 is 17.7 Å². The van der Waals surface area contributed by atoms with Gasteiger partial charge < -0.3 is 10.5 Å². The average Bonchev–Trinajstić information content (AvgIpc) is 2.09. The summed E-state index contributed by atoms with van der Waals surface area (Å²) in [5.74, 6) is -1.58. The second kappa shape index (κ2) is 3.70. The summed E-state index contributed by atoms with van der Waals surface area (Å²) >= 11 is 0. The van der Waals surface area contributed by atoms with Crippen molar-refractivity contribution in [2.24, 2.45) is 5.73 Å². The van der Waals surface area contributed by atoms with Crippen molar-refractivity contribution in [3.63, 3.8) is 0 Å². The van der Waals surface area contributed by atoms with Crippen molar-refractivity contribution in [2.75, 3.05) is 7.11 Å². The first-order valence-corrected chi connectivity index (χ1v) is 3.84. The zero-order chi connectivity index (χ0) is 10.0. The zero-order valence-corrected chi connectivity index (χ0v) is 7.47. The smallest absolute Gasteiger partial charge is 0.163 e. The van der Waals surface area contributed by atoms with E-state index in [1.54, 1.807) is 6.92 Å². The normalized spacial score (nSPS) is 12.7. The molecule has 0 aliphatic carbocycles. The van der Waals surface area contributed by atoms with Crippen LogP contribution in [0.5, 0.6) is 5.75 Å². The van der Waals surface area contributed by atoms with Crippen LogP contribution in [0.3, 0.4) is 0 Å². The predicted molar refractivity (Wildman–Crippen MR) is 45.5 cm³/mol. The number of hydrogen-bond acceptors (Lipinski definition) is 2. The van der Waals surface area contributed by atoms with Crippen LogP contribution in [0.2, 0.25) is 0 Å². The molecule has 1 unspecified atom stereocenters. The van der Waals surface area contributed by atoms with Gasteiger partial charge in [0.25, 0.3) is 0 Å². The quantitative estimate of drug-likeness (QED) is 0.768. The summed E-state index contributed by atoms with van der Waals surface area (Å²) < 4.78 is 30.7. The Morgan fingerprint density at radius 3 is 2.46 bits per heavy atom. The Bertz CT molecular complexity index is 313. The summed E-state index contributed by atoms with van der Waals surface area (Å²) in [4.78, 5) is 0. The maximum atomic E-state index is 13.1. The number of rotatable bonds is 2. The topological polar surface area (TPSA) is 35.2 Å². The molecule has 1 rings (SSSR count). The Morgan fingerprint density at radius 1 is 1.38 bits per heavy atom. The minimum atomic E-state index is -0.938. The monoisotopic (exact) mass is 187 g/mol. The molecule has 1 aromatic rings. The molecule has 0 radical (unpaired) electrons. The number of halogens is 2. The highest BCUT2D eigenvalue weighted by Crippen LogP contribution is 2.23. The number of ether oxygens (including phenoxy) is 1. The van der Waals surface area contributed by atoms with Gasteiger partial charge in [0.2, 0.25) is 0 Å². The molecule has 2 N–H and O–H groups in total. The lowest BCUT2D eigenvalue weighted by atomic mass is 10.1. The van der Waals surface area contributed by atoms with Crippen LogP contribution in [0, 0.1) is 11.6 Å². The van der Waals surface area contributed by atoms with Crippen LogP contribution < -0.4 is 10.5 Å². The van der Waals surface area contributed by atoms with Crippen LogP contribution in [0.1, 0.15) is 18.5 Å². The molecule has 1 aromatic carbocycles. The highest BCUT2D eigenvalue weighted by molar-refractivity contribution is 5.32. The summed E-state index contributed by atoms with van der Waals surface area (Å²) in [5, 5.41) is 0. The fourth-order valence-electron chi connectivity index (χ4n) is 1.03. The second-order valence-electron chi connectivity index (χ2n) is 2.80. The van der Waals surface area contributed by atoms with E-state index in [2.05, 4.69) is 0 Å². The lowest BCUT2D eigenvalue weighted by Crippen LogP contribution is -2.09. The predicted octanol–water partition coefficient (Wildman–Crippen LogP) is 1.99. The number of hydrogen-bond donors (Lipinski definition) is 1. The van der Waals surface area contributed by atoms with E-state index >= 15 is 0 Å². The average molecular weight is 187 g/mol. The van der Waals surface area contributed by atoms with Crippen LogP contribution >= 0.6 is 0 Å². The summed E-state index contributed by atoms with van der Waals surface area (Å²) in [6.45, 7) is 1.58. The van der Waals surface area contributed by atoms with Crippen LogP contribution in [-0.4, -0.2) is 7.11 Å². The van der Waals surface area contributed by atoms with Gasteiger partial charge >= 0.3 is 0 Å². The van der Waals surface area contributed by atoms with Gasteiger partial charge in [-0.15, -0.1) is 0 Å². The van der Waals surface area contributed by atoms with Crippen molar-refractivity contribution < 1.29 is 13.5 Å². The van der Waals surface area contributed by atoms with Gasteiger partial charge in [0.05, 0.1) is 7.11 Å². The van der Waals surface area contributed by atoms with Crippen molar-refractivity contribution in [3.8, 4) is 5.75 Å². The molecule has 0 saturated heterocycles. The number of methoxy groups -OCH3 is 1. The highest BCUT2D eigenvalue weighted by atomic mass is 19.2. The lowest BCUT2D eigenvalue weighted by Gasteiger charge is -2.09. The molecular formula is C9H11F2NO. The van der Waals surface area contributed by atoms with E-state index in [9.17, 15) is 8.78 Å². The van der Waals surface area contributed by atoms with Gasteiger partial charge in [0.1, 0.15) is 5.75 Å². The molecule has 13 heavy (non-hydrogen) atoms. The zero-order valence-electron chi connectivity index (χ0n) is 7.47. The summed E-state index contributed by atoms with van der Waals surface area (Å²) in [6, 6.07) is 1.83. The molecule has 0 aliphatic heterocycles. The third-order valence-electron chi connectivity index (χ3n) is 1.76. The summed E-state index contributed by atoms with van der Waals surface area (Å²) in [5.41, 5.74) is 5.57. The minimum absolute atomic E-state index is 0.122. The van der Waals surface area contributed by atoms with Crippen molar-refractivity contribution in [3.05, 3.63) is 29.3 Å². The third-order valence-corrected chi connectivity index (χ3v) is 1.76. The Hall–Kier alpha value is -1.16. The van der Waals surface area contributed by atoms with Crippen molar-refractivity contribution in [1.29, 1.82) is 0 Å². The largest absolute Gasteiger partial charge is 0.497 e. The van der Waals surface area contributed by atoms with Crippen molar-refractivity contribution in [2.45, 2.75) is 13.0 Å². The second-order valence-corrected chi connectivity index (χ2v) is 2.80. The Morgan fingerprint density at radius 2 is 2.00 bits per heavy atom. The molecule has 0 amide bonds. The van der Waals surface area contributed by atoms with Crippen LogP contribution in [-0.2, 0) is 0 Å². The molecule has 0 aromatic heterocycles. The molecule has 0 fully saturated rings. The van der Waals surface area contributed by atoms with Gasteiger partial charge in [-0.05, 0) is 13.0 Å². The summed E-state index contributed by atoms with van der Waals surface area (Å²) in [7, 11) is 1.39. The molecule has 0 saturated carbocycles. The molecule has 0 heterocycles. The molecule has 1 atom stereocenters. The van der Waals surface area contributed by atoms with Crippen molar-refractivity contribution in [1.82, 2.24) is 0 Å². The molecule has 4 heteroatoms. The van der Waals surface area contributed by atoms with Gasteiger partial charge in [-0.3, -0.25) is 0 Å². The van der Waals surface area contributed by atoms with E-state index in [0.717, 1.165) is 6.07 Å². The fourth-order valence-corrected chi connectivity index (χ4v) is 1.03. The van der Waals surface area contributed by atoms with Gasteiger partial charge in [0, 0.05) is 17.7 Å². The molecule has 0 spiro atoms. The maximum absolute atomic E-state index is 13.1. The number of nitrogens with two attached hydrogens (primary N) is 1. The van der Waals surface area contributed by atoms with Crippen LogP contribution in [0.15, 0.2) is 12.1 Å². The Balaban J connectivity index is 3.25. The Kier molecular flexibility index (Phi) is 2.83. The molecule has 0 aliphatic rings. The first-order chi connectivity index (χ1) is 6.06. The highest BCUT2D eigenvalue weighted by Gasteiger charge is 2.13. The van der Waals surface area contributed by atoms with Gasteiger partial charge in [-0.2, -0.15) is 0 Å². The molecule has 0 bridgehead atoms. The first-order valence-electron chi connectivity index (χ1n) is 3.84. The SMILES string of the molecule is COc1cc(F)c(F)c(C(C)N)c1. The van der Waals surface area contributed by atoms with E-state index in [0.29, 0.717) is 0 Å². The maximum Gasteiger partial charge on any atom is 0.163 e. The van der Waals surface area contributed by atoms with Gasteiger partial charge in [-0.1, -0.05) is 0 Å². The fraction of sp³-hybridized carbons (Fsp3) is 0.333. The van der Waals surface area contributed by atoms with Gasteiger partial charge in [0.15, 0.2) is 11.6 Å². The van der Waals surface area contributed by atoms with Crippen LogP contribution in [0.4, 0.5) is 8.78 Å². The number of benzene rings is 1. The Labute approximate surface area is 75.3 Å². The van der Waals surface area contributed by atoms with E-state index in [1.807, 2.05) is 0 Å². The first kappa shape index (κ1) is 9.92. The van der Waals surface area contributed by atoms with Crippen molar-refractivity contribution >= 4 is 0 Å².